The lowest BCUT2D eigenvalue weighted by molar-refractivity contribution is -0.133. The smallest absolute Gasteiger partial charge is 0.331 e. The summed E-state index contributed by atoms with van der Waals surface area (Å²) >= 11 is 0. The van der Waals surface area contributed by atoms with Crippen LogP contribution in [0.5, 0.6) is 0 Å². The van der Waals surface area contributed by atoms with E-state index in [1.165, 1.54) is 0 Å². The maximum absolute atomic E-state index is 10.8. The van der Waals surface area contributed by atoms with Gasteiger partial charge in [0, 0.05) is 5.57 Å². The Morgan fingerprint density at radius 3 is 2.17 bits per heavy atom. The minimum atomic E-state index is -0.795. The summed E-state index contributed by atoms with van der Waals surface area (Å²) in [6.07, 6.45) is 3.66. The molecule has 0 bridgehead atoms. The molecule has 0 aliphatic rings. The average molecular weight is 170 g/mol. The molecule has 0 fully saturated rings. The highest BCUT2D eigenvalue weighted by molar-refractivity contribution is 5.87. The summed E-state index contributed by atoms with van der Waals surface area (Å²) in [5.41, 5.74) is 0.269. The number of carbonyl (C=O) groups is 1. The van der Waals surface area contributed by atoms with Gasteiger partial charge >= 0.3 is 5.97 Å². The highest BCUT2D eigenvalue weighted by Gasteiger charge is 2.22. The summed E-state index contributed by atoms with van der Waals surface area (Å²) in [5.74, 6) is -0.795. The number of hydrogen-bond acceptors (Lipinski definition) is 1. The molecule has 0 radical (unpaired) electrons. The van der Waals surface area contributed by atoms with Crippen LogP contribution < -0.4 is 0 Å². The minimum Gasteiger partial charge on any atom is -0.478 e. The molecule has 12 heavy (non-hydrogen) atoms. The summed E-state index contributed by atoms with van der Waals surface area (Å²) in [6, 6.07) is 0. The van der Waals surface area contributed by atoms with Crippen LogP contribution >= 0.6 is 0 Å². The fraction of sp³-hybridized carbons (Fsp3) is 0.700. The quantitative estimate of drug-likeness (QED) is 0.661. The number of allylic oxidation sites excluding steroid dienone is 1. The lowest BCUT2D eigenvalue weighted by Crippen LogP contribution is -2.17. The van der Waals surface area contributed by atoms with Crippen LogP contribution in [-0.2, 0) is 4.79 Å². The first-order chi connectivity index (χ1) is 5.39. The Morgan fingerprint density at radius 2 is 1.92 bits per heavy atom. The highest BCUT2D eigenvalue weighted by Crippen LogP contribution is 2.25. The van der Waals surface area contributed by atoms with Gasteiger partial charge in [-0.15, -0.1) is 0 Å². The zero-order chi connectivity index (χ0) is 9.78. The van der Waals surface area contributed by atoms with E-state index in [9.17, 15) is 4.79 Å². The van der Waals surface area contributed by atoms with Crippen LogP contribution in [0.25, 0.3) is 0 Å². The van der Waals surface area contributed by atoms with Crippen molar-refractivity contribution < 1.29 is 9.90 Å². The van der Waals surface area contributed by atoms with Crippen molar-refractivity contribution in [2.24, 2.45) is 5.41 Å². The monoisotopic (exact) mass is 170 g/mol. The maximum Gasteiger partial charge on any atom is 0.331 e. The molecule has 0 saturated carbocycles. The number of carboxylic acids is 1. The molecule has 2 heteroatoms. The van der Waals surface area contributed by atoms with Gasteiger partial charge in [0.15, 0.2) is 0 Å². The molecular weight excluding hydrogens is 152 g/mol. The van der Waals surface area contributed by atoms with Crippen LogP contribution in [0, 0.1) is 5.41 Å². The van der Waals surface area contributed by atoms with E-state index < -0.39 is 5.97 Å². The predicted molar refractivity (Wildman–Crippen MR) is 50.1 cm³/mol. The average Bonchev–Trinajstić information content (AvgIpc) is 1.84. The van der Waals surface area contributed by atoms with Gasteiger partial charge in [0.25, 0.3) is 0 Å². The Hall–Kier alpha value is -0.790. The molecule has 0 aliphatic carbocycles. The predicted octanol–water partition coefficient (Wildman–Crippen LogP) is 2.84. The third-order valence-corrected chi connectivity index (χ3v) is 1.68. The number of carboxylic acid groups (broad SMARTS) is 1. The van der Waals surface area contributed by atoms with Crippen LogP contribution in [0.4, 0.5) is 0 Å². The van der Waals surface area contributed by atoms with Gasteiger partial charge < -0.3 is 5.11 Å². The first-order valence-electron chi connectivity index (χ1n) is 4.33. The summed E-state index contributed by atoms with van der Waals surface area (Å²) in [6.45, 7) is 7.80. The number of aliphatic carboxylic acids is 1. The second-order valence-corrected chi connectivity index (χ2v) is 3.96. The van der Waals surface area contributed by atoms with E-state index in [4.69, 9.17) is 5.11 Å². The Bertz CT molecular complexity index is 185. The van der Waals surface area contributed by atoms with E-state index in [0.29, 0.717) is 5.57 Å². The lowest BCUT2D eigenvalue weighted by atomic mass is 9.86. The number of hydrogen-bond donors (Lipinski definition) is 1. The second kappa shape index (κ2) is 4.29. The molecule has 0 amide bonds. The maximum atomic E-state index is 10.8. The van der Waals surface area contributed by atoms with Gasteiger partial charge in [0.1, 0.15) is 0 Å². The molecule has 0 unspecified atom stereocenters. The summed E-state index contributed by atoms with van der Waals surface area (Å²) in [5, 5.41) is 8.87. The molecular formula is C10H18O2. The van der Waals surface area contributed by atoms with Crippen molar-refractivity contribution in [1.82, 2.24) is 0 Å². The van der Waals surface area contributed by atoms with Gasteiger partial charge in [-0.1, -0.05) is 40.2 Å². The second-order valence-electron chi connectivity index (χ2n) is 3.96. The summed E-state index contributed by atoms with van der Waals surface area (Å²) in [7, 11) is 0. The van der Waals surface area contributed by atoms with Gasteiger partial charge in [-0.3, -0.25) is 0 Å². The minimum absolute atomic E-state index is 0.249. The van der Waals surface area contributed by atoms with E-state index in [1.54, 1.807) is 0 Å². The van der Waals surface area contributed by atoms with Gasteiger partial charge in [0.2, 0.25) is 0 Å². The van der Waals surface area contributed by atoms with E-state index in [1.807, 2.05) is 33.8 Å². The van der Waals surface area contributed by atoms with Crippen LogP contribution in [0.3, 0.4) is 0 Å². The van der Waals surface area contributed by atoms with E-state index in [-0.39, 0.29) is 5.41 Å². The lowest BCUT2D eigenvalue weighted by Gasteiger charge is -2.19. The highest BCUT2D eigenvalue weighted by atomic mass is 16.4. The first kappa shape index (κ1) is 11.2. The number of unbranched alkanes of at least 4 members (excludes halogenated alkanes) is 1. The molecule has 1 N–H and O–H groups in total. The first-order valence-corrected chi connectivity index (χ1v) is 4.33. The standard InChI is InChI=1S/C10H18O2/c1-5-6-7-8(9(11)12)10(2,3)4/h7H,5-6H2,1-4H3,(H,11,12)/b8-7-. The fourth-order valence-corrected chi connectivity index (χ4v) is 1.00. The van der Waals surface area contributed by atoms with Crippen LogP contribution in [-0.4, -0.2) is 11.1 Å². The molecule has 0 heterocycles. The molecule has 2 nitrogen and oxygen atoms in total. The summed E-state index contributed by atoms with van der Waals surface area (Å²) in [4.78, 5) is 10.8. The Labute approximate surface area is 74.3 Å². The molecule has 0 rings (SSSR count). The van der Waals surface area contributed by atoms with Gasteiger partial charge in [-0.05, 0) is 11.8 Å². The van der Waals surface area contributed by atoms with Gasteiger partial charge in [-0.2, -0.15) is 0 Å². The Balaban J connectivity index is 4.56. The van der Waals surface area contributed by atoms with Crippen molar-refractivity contribution in [3.8, 4) is 0 Å². The van der Waals surface area contributed by atoms with Crippen molar-refractivity contribution in [3.63, 3.8) is 0 Å². The zero-order valence-corrected chi connectivity index (χ0v) is 8.35. The molecule has 0 aromatic heterocycles. The van der Waals surface area contributed by atoms with Crippen molar-refractivity contribution >= 4 is 5.97 Å². The van der Waals surface area contributed by atoms with Crippen LogP contribution in [0.1, 0.15) is 40.5 Å². The SMILES string of the molecule is CCC/C=C(/C(=O)O)C(C)(C)C. The molecule has 70 valence electrons. The Morgan fingerprint density at radius 1 is 1.42 bits per heavy atom. The van der Waals surface area contributed by atoms with Crippen molar-refractivity contribution in [3.05, 3.63) is 11.6 Å². The van der Waals surface area contributed by atoms with E-state index in [2.05, 4.69) is 0 Å². The molecule has 0 aromatic carbocycles. The fourth-order valence-electron chi connectivity index (χ4n) is 1.00. The van der Waals surface area contributed by atoms with E-state index in [0.717, 1.165) is 12.8 Å². The van der Waals surface area contributed by atoms with E-state index >= 15 is 0 Å². The molecule has 0 saturated heterocycles. The third-order valence-electron chi connectivity index (χ3n) is 1.68. The van der Waals surface area contributed by atoms with Gasteiger partial charge in [0.05, 0.1) is 0 Å². The van der Waals surface area contributed by atoms with Gasteiger partial charge in [-0.25, -0.2) is 4.79 Å². The summed E-state index contributed by atoms with van der Waals surface area (Å²) < 4.78 is 0. The molecule has 0 aliphatic heterocycles. The number of rotatable bonds is 3. The largest absolute Gasteiger partial charge is 0.478 e. The van der Waals surface area contributed by atoms with Crippen molar-refractivity contribution in [2.45, 2.75) is 40.5 Å². The molecule has 0 spiro atoms. The molecule has 0 aromatic rings. The van der Waals surface area contributed by atoms with Crippen molar-refractivity contribution in [2.75, 3.05) is 0 Å². The Kier molecular flexibility index (Phi) is 4.01. The molecule has 0 atom stereocenters. The zero-order valence-electron chi connectivity index (χ0n) is 8.35. The van der Waals surface area contributed by atoms with Crippen molar-refractivity contribution in [1.29, 1.82) is 0 Å². The van der Waals surface area contributed by atoms with Crippen LogP contribution in [0.15, 0.2) is 11.6 Å². The topological polar surface area (TPSA) is 37.3 Å². The van der Waals surface area contributed by atoms with Crippen LogP contribution in [0.2, 0.25) is 0 Å². The normalized spacial score (nSPS) is 13.2. The third kappa shape index (κ3) is 3.56.